The third-order valence-corrected chi connectivity index (χ3v) is 3.43. The molecule has 4 heteroatoms. The molecule has 0 fully saturated rings. The Kier molecular flexibility index (Phi) is 4.29. The van der Waals surface area contributed by atoms with Crippen molar-refractivity contribution in [1.29, 1.82) is 0 Å². The average Bonchev–Trinajstić information content (AvgIpc) is 2.60. The molecular weight excluding hydrogens is 208 g/mol. The van der Waals surface area contributed by atoms with Crippen LogP contribution in [0.4, 0.5) is 0 Å². The summed E-state index contributed by atoms with van der Waals surface area (Å²) in [6.07, 6.45) is 0. The van der Waals surface area contributed by atoms with Crippen molar-refractivity contribution in [2.24, 2.45) is 0 Å². The summed E-state index contributed by atoms with van der Waals surface area (Å²) in [4.78, 5) is 15.5. The Morgan fingerprint density at radius 3 is 2.67 bits per heavy atom. The molecule has 1 heterocycles. The SMILES string of the molecule is Cc1ccc([C@H](C)NCC(=O)N(C)C)s1. The van der Waals surface area contributed by atoms with Crippen LogP contribution in [-0.4, -0.2) is 31.4 Å². The number of hydrogen-bond acceptors (Lipinski definition) is 3. The highest BCUT2D eigenvalue weighted by Gasteiger charge is 2.09. The molecule has 1 aromatic heterocycles. The maximum atomic E-state index is 11.4. The minimum atomic E-state index is 0.107. The summed E-state index contributed by atoms with van der Waals surface area (Å²) in [5.41, 5.74) is 0. The molecule has 1 aromatic rings. The number of carbonyl (C=O) groups is 1. The summed E-state index contributed by atoms with van der Waals surface area (Å²) in [6.45, 7) is 4.56. The second-order valence-corrected chi connectivity index (χ2v) is 5.16. The van der Waals surface area contributed by atoms with Crippen LogP contribution in [0, 0.1) is 6.92 Å². The molecule has 0 saturated heterocycles. The molecule has 1 atom stereocenters. The number of nitrogens with zero attached hydrogens (tertiary/aromatic N) is 1. The lowest BCUT2D eigenvalue weighted by molar-refractivity contribution is -0.127. The lowest BCUT2D eigenvalue weighted by Gasteiger charge is -2.14. The zero-order valence-electron chi connectivity index (χ0n) is 9.70. The molecule has 84 valence electrons. The first-order valence-electron chi connectivity index (χ1n) is 5.00. The fraction of sp³-hybridized carbons (Fsp3) is 0.545. The Balaban J connectivity index is 2.43. The number of thiophene rings is 1. The van der Waals surface area contributed by atoms with Gasteiger partial charge >= 0.3 is 0 Å². The lowest BCUT2D eigenvalue weighted by Crippen LogP contribution is -2.34. The molecule has 15 heavy (non-hydrogen) atoms. The summed E-state index contributed by atoms with van der Waals surface area (Å²) < 4.78 is 0. The van der Waals surface area contributed by atoms with E-state index in [2.05, 4.69) is 31.3 Å². The van der Waals surface area contributed by atoms with Crippen LogP contribution in [0.5, 0.6) is 0 Å². The van der Waals surface area contributed by atoms with Gasteiger partial charge in [0.25, 0.3) is 0 Å². The van der Waals surface area contributed by atoms with E-state index in [0.29, 0.717) is 6.54 Å². The number of rotatable bonds is 4. The van der Waals surface area contributed by atoms with Crippen molar-refractivity contribution in [1.82, 2.24) is 10.2 Å². The van der Waals surface area contributed by atoms with E-state index in [1.165, 1.54) is 9.75 Å². The third-order valence-electron chi connectivity index (χ3n) is 2.25. The minimum Gasteiger partial charge on any atom is -0.348 e. The molecule has 0 aromatic carbocycles. The smallest absolute Gasteiger partial charge is 0.236 e. The first kappa shape index (κ1) is 12.2. The quantitative estimate of drug-likeness (QED) is 0.849. The van der Waals surface area contributed by atoms with Gasteiger partial charge in [-0.05, 0) is 26.0 Å². The van der Waals surface area contributed by atoms with Gasteiger partial charge in [0.2, 0.25) is 5.91 Å². The Morgan fingerprint density at radius 1 is 1.53 bits per heavy atom. The molecule has 0 aliphatic rings. The van der Waals surface area contributed by atoms with Crippen LogP contribution in [0.15, 0.2) is 12.1 Å². The van der Waals surface area contributed by atoms with E-state index in [9.17, 15) is 4.79 Å². The van der Waals surface area contributed by atoms with Crippen molar-refractivity contribution in [2.45, 2.75) is 19.9 Å². The fourth-order valence-corrected chi connectivity index (χ4v) is 2.09. The van der Waals surface area contributed by atoms with Crippen LogP contribution in [0.2, 0.25) is 0 Å². The molecule has 0 bridgehead atoms. The van der Waals surface area contributed by atoms with Crippen LogP contribution in [0.3, 0.4) is 0 Å². The fourth-order valence-electron chi connectivity index (χ4n) is 1.19. The number of likely N-dealkylation sites (N-methyl/N-ethyl adjacent to an activating group) is 1. The molecule has 3 nitrogen and oxygen atoms in total. The number of amides is 1. The first-order chi connectivity index (χ1) is 7.00. The van der Waals surface area contributed by atoms with Crippen molar-refractivity contribution < 1.29 is 4.79 Å². The molecule has 1 N–H and O–H groups in total. The molecule has 0 aliphatic carbocycles. The van der Waals surface area contributed by atoms with Crippen LogP contribution in [0.25, 0.3) is 0 Å². The molecule has 0 aliphatic heterocycles. The zero-order chi connectivity index (χ0) is 11.4. The molecule has 0 saturated carbocycles. The van der Waals surface area contributed by atoms with Crippen LogP contribution in [0.1, 0.15) is 22.7 Å². The summed E-state index contributed by atoms with van der Waals surface area (Å²) in [5.74, 6) is 0.107. The maximum Gasteiger partial charge on any atom is 0.236 e. The van der Waals surface area contributed by atoms with Crippen LogP contribution in [-0.2, 0) is 4.79 Å². The average molecular weight is 226 g/mol. The number of carbonyl (C=O) groups excluding carboxylic acids is 1. The van der Waals surface area contributed by atoms with Gasteiger partial charge in [-0.3, -0.25) is 4.79 Å². The van der Waals surface area contributed by atoms with Gasteiger partial charge in [0, 0.05) is 29.9 Å². The molecular formula is C11H18N2OS. The van der Waals surface area contributed by atoms with Crippen LogP contribution < -0.4 is 5.32 Å². The number of nitrogens with one attached hydrogen (secondary N) is 1. The largest absolute Gasteiger partial charge is 0.348 e. The maximum absolute atomic E-state index is 11.4. The zero-order valence-corrected chi connectivity index (χ0v) is 10.5. The number of hydrogen-bond donors (Lipinski definition) is 1. The Labute approximate surface area is 95.1 Å². The van der Waals surface area contributed by atoms with E-state index in [1.54, 1.807) is 30.3 Å². The topological polar surface area (TPSA) is 32.3 Å². The summed E-state index contributed by atoms with van der Waals surface area (Å²) in [7, 11) is 3.54. The third kappa shape index (κ3) is 3.64. The highest BCUT2D eigenvalue weighted by molar-refractivity contribution is 7.12. The second kappa shape index (κ2) is 5.28. The van der Waals surface area contributed by atoms with E-state index in [1.807, 2.05) is 0 Å². The molecule has 1 amide bonds. The van der Waals surface area contributed by atoms with Crippen LogP contribution >= 0.6 is 11.3 Å². The van der Waals surface area contributed by atoms with Gasteiger partial charge in [0.1, 0.15) is 0 Å². The molecule has 1 rings (SSSR count). The van der Waals surface area contributed by atoms with Crippen molar-refractivity contribution in [2.75, 3.05) is 20.6 Å². The van der Waals surface area contributed by atoms with Gasteiger partial charge in [-0.15, -0.1) is 11.3 Å². The second-order valence-electron chi connectivity index (χ2n) is 3.84. The van der Waals surface area contributed by atoms with Crippen molar-refractivity contribution in [3.63, 3.8) is 0 Å². The predicted octanol–water partition coefficient (Wildman–Crippen LogP) is 1.80. The van der Waals surface area contributed by atoms with E-state index in [4.69, 9.17) is 0 Å². The molecule has 0 spiro atoms. The van der Waals surface area contributed by atoms with E-state index in [-0.39, 0.29) is 11.9 Å². The van der Waals surface area contributed by atoms with E-state index < -0.39 is 0 Å². The van der Waals surface area contributed by atoms with Crippen molar-refractivity contribution >= 4 is 17.2 Å². The standard InChI is InChI=1S/C11H18N2OS/c1-8-5-6-10(15-8)9(2)12-7-11(14)13(3)4/h5-6,9,12H,7H2,1-4H3/t9-/m0/s1. The van der Waals surface area contributed by atoms with Gasteiger partial charge in [-0.1, -0.05) is 0 Å². The summed E-state index contributed by atoms with van der Waals surface area (Å²) in [5, 5.41) is 3.21. The Hall–Kier alpha value is -0.870. The Bertz CT molecular complexity index is 333. The van der Waals surface area contributed by atoms with Gasteiger partial charge in [0.15, 0.2) is 0 Å². The normalized spacial score (nSPS) is 12.5. The lowest BCUT2D eigenvalue weighted by atomic mass is 10.2. The van der Waals surface area contributed by atoms with E-state index in [0.717, 1.165) is 0 Å². The molecule has 0 unspecified atom stereocenters. The van der Waals surface area contributed by atoms with Gasteiger partial charge in [-0.2, -0.15) is 0 Å². The monoisotopic (exact) mass is 226 g/mol. The van der Waals surface area contributed by atoms with Gasteiger partial charge < -0.3 is 10.2 Å². The first-order valence-corrected chi connectivity index (χ1v) is 5.82. The highest BCUT2D eigenvalue weighted by atomic mass is 32.1. The molecule has 0 radical (unpaired) electrons. The highest BCUT2D eigenvalue weighted by Crippen LogP contribution is 2.21. The Morgan fingerprint density at radius 2 is 2.20 bits per heavy atom. The van der Waals surface area contributed by atoms with Crippen molar-refractivity contribution in [3.05, 3.63) is 21.9 Å². The summed E-state index contributed by atoms with van der Waals surface area (Å²) in [6, 6.07) is 4.46. The van der Waals surface area contributed by atoms with Gasteiger partial charge in [0.05, 0.1) is 6.54 Å². The van der Waals surface area contributed by atoms with Crippen molar-refractivity contribution in [3.8, 4) is 0 Å². The predicted molar refractivity (Wildman–Crippen MR) is 64.2 cm³/mol. The van der Waals surface area contributed by atoms with E-state index >= 15 is 0 Å². The summed E-state index contributed by atoms with van der Waals surface area (Å²) >= 11 is 1.77. The minimum absolute atomic E-state index is 0.107. The number of aryl methyl sites for hydroxylation is 1. The van der Waals surface area contributed by atoms with Gasteiger partial charge in [-0.25, -0.2) is 0 Å².